The third-order valence-corrected chi connectivity index (χ3v) is 5.92. The van der Waals surface area contributed by atoms with Crippen LogP contribution in [-0.4, -0.2) is 38.8 Å². The summed E-state index contributed by atoms with van der Waals surface area (Å²) in [6, 6.07) is 9.58. The van der Waals surface area contributed by atoms with Crippen LogP contribution in [0.2, 0.25) is 0 Å². The molecule has 1 fully saturated rings. The summed E-state index contributed by atoms with van der Waals surface area (Å²) in [6.45, 7) is 3.40. The molecule has 0 atom stereocenters. The lowest BCUT2D eigenvalue weighted by molar-refractivity contribution is -0.131. The molecule has 6 nitrogen and oxygen atoms in total. The molecule has 1 aliphatic heterocycles. The molecule has 0 saturated carbocycles. The fourth-order valence-electron chi connectivity index (χ4n) is 3.52. The van der Waals surface area contributed by atoms with Crippen molar-refractivity contribution in [3.05, 3.63) is 69.2 Å². The second-order valence-corrected chi connectivity index (χ2v) is 8.07. The maximum Gasteiger partial charge on any atom is 0.251 e. The maximum absolute atomic E-state index is 12.6. The number of aromatic nitrogens is 3. The van der Waals surface area contributed by atoms with Crippen molar-refractivity contribution in [1.29, 1.82) is 0 Å². The SMILES string of the molecule is Cc1ccc(CC(=O)N2CCC(c3nc(-c4nccs4)cc(=O)[nH]3)CC2)cc1. The number of benzene rings is 1. The van der Waals surface area contributed by atoms with Crippen LogP contribution in [0.1, 0.15) is 35.7 Å². The Kier molecular flexibility index (Phi) is 5.34. The van der Waals surface area contributed by atoms with E-state index in [0.717, 1.165) is 23.4 Å². The minimum Gasteiger partial charge on any atom is -0.342 e. The number of nitrogens with zero attached hydrogens (tertiary/aromatic N) is 3. The molecule has 0 bridgehead atoms. The number of H-pyrrole nitrogens is 1. The first-order chi connectivity index (χ1) is 13.6. The maximum atomic E-state index is 12.6. The molecular weight excluding hydrogens is 372 g/mol. The number of rotatable bonds is 4. The van der Waals surface area contributed by atoms with Crippen LogP contribution in [-0.2, 0) is 11.2 Å². The van der Waals surface area contributed by atoms with Crippen molar-refractivity contribution in [2.75, 3.05) is 13.1 Å². The molecule has 28 heavy (non-hydrogen) atoms. The Balaban J connectivity index is 1.41. The van der Waals surface area contributed by atoms with Crippen LogP contribution in [0.3, 0.4) is 0 Å². The van der Waals surface area contributed by atoms with Gasteiger partial charge in [0.15, 0.2) is 0 Å². The van der Waals surface area contributed by atoms with Crippen molar-refractivity contribution in [2.45, 2.75) is 32.1 Å². The van der Waals surface area contributed by atoms with E-state index in [1.165, 1.54) is 23.0 Å². The number of nitrogens with one attached hydrogen (secondary N) is 1. The minimum atomic E-state index is -0.159. The first-order valence-electron chi connectivity index (χ1n) is 9.43. The summed E-state index contributed by atoms with van der Waals surface area (Å²) in [7, 11) is 0. The van der Waals surface area contributed by atoms with E-state index in [2.05, 4.69) is 15.0 Å². The standard InChI is InChI=1S/C21H22N4O2S/c1-14-2-4-15(5-3-14)12-19(27)25-9-6-16(7-10-25)20-23-17(13-18(26)24-20)21-22-8-11-28-21/h2-5,8,11,13,16H,6-7,9-10,12H2,1H3,(H,23,24,26). The lowest BCUT2D eigenvalue weighted by Gasteiger charge is -2.31. The van der Waals surface area contributed by atoms with E-state index in [4.69, 9.17) is 0 Å². The van der Waals surface area contributed by atoms with Gasteiger partial charge in [0.1, 0.15) is 16.5 Å². The molecular formula is C21H22N4O2S. The third-order valence-electron chi connectivity index (χ3n) is 5.12. The van der Waals surface area contributed by atoms with E-state index in [0.29, 0.717) is 31.0 Å². The molecule has 4 rings (SSSR count). The Morgan fingerprint density at radius 1 is 1.25 bits per heavy atom. The topological polar surface area (TPSA) is 79.0 Å². The minimum absolute atomic E-state index is 0.149. The van der Waals surface area contributed by atoms with E-state index in [-0.39, 0.29) is 17.4 Å². The highest BCUT2D eigenvalue weighted by Gasteiger charge is 2.25. The predicted molar refractivity (Wildman–Crippen MR) is 109 cm³/mol. The van der Waals surface area contributed by atoms with Gasteiger partial charge >= 0.3 is 0 Å². The highest BCUT2D eigenvalue weighted by molar-refractivity contribution is 7.13. The van der Waals surface area contributed by atoms with E-state index in [9.17, 15) is 9.59 Å². The Morgan fingerprint density at radius 2 is 2.00 bits per heavy atom. The summed E-state index contributed by atoms with van der Waals surface area (Å²) in [5.41, 5.74) is 2.69. The van der Waals surface area contributed by atoms with Gasteiger partial charge in [0.25, 0.3) is 5.56 Å². The van der Waals surface area contributed by atoms with Gasteiger partial charge in [-0.05, 0) is 25.3 Å². The van der Waals surface area contributed by atoms with Gasteiger partial charge in [-0.25, -0.2) is 9.97 Å². The van der Waals surface area contributed by atoms with Crippen molar-refractivity contribution < 1.29 is 4.79 Å². The number of likely N-dealkylation sites (tertiary alicyclic amines) is 1. The molecule has 7 heteroatoms. The monoisotopic (exact) mass is 394 g/mol. The van der Waals surface area contributed by atoms with Crippen LogP contribution in [0.5, 0.6) is 0 Å². The Bertz CT molecular complexity index is 1000. The number of carbonyl (C=O) groups is 1. The Morgan fingerprint density at radius 3 is 2.68 bits per heavy atom. The number of amides is 1. The molecule has 3 aromatic rings. The van der Waals surface area contributed by atoms with Gasteiger partial charge < -0.3 is 9.88 Å². The van der Waals surface area contributed by atoms with E-state index >= 15 is 0 Å². The summed E-state index contributed by atoms with van der Waals surface area (Å²) in [5, 5.41) is 2.62. The number of thiazole rings is 1. The number of piperidine rings is 1. The van der Waals surface area contributed by atoms with Gasteiger partial charge in [-0.2, -0.15) is 0 Å². The number of hydrogen-bond donors (Lipinski definition) is 1. The zero-order valence-electron chi connectivity index (χ0n) is 15.7. The first kappa shape index (κ1) is 18.6. The molecule has 1 N–H and O–H groups in total. The summed E-state index contributed by atoms with van der Waals surface area (Å²) >= 11 is 1.47. The average molecular weight is 395 g/mol. The van der Waals surface area contributed by atoms with Crippen LogP contribution < -0.4 is 5.56 Å². The highest BCUT2D eigenvalue weighted by atomic mass is 32.1. The lowest BCUT2D eigenvalue weighted by atomic mass is 9.95. The second kappa shape index (κ2) is 8.06. The van der Waals surface area contributed by atoms with Gasteiger partial charge in [0.2, 0.25) is 5.91 Å². The highest BCUT2D eigenvalue weighted by Crippen LogP contribution is 2.27. The van der Waals surface area contributed by atoms with Gasteiger partial charge in [-0.15, -0.1) is 11.3 Å². The van der Waals surface area contributed by atoms with Crippen molar-refractivity contribution >= 4 is 17.2 Å². The number of carbonyl (C=O) groups excluding carboxylic acids is 1. The van der Waals surface area contributed by atoms with E-state index in [1.807, 2.05) is 41.5 Å². The summed E-state index contributed by atoms with van der Waals surface area (Å²) in [4.78, 5) is 38.3. The largest absolute Gasteiger partial charge is 0.342 e. The van der Waals surface area contributed by atoms with Crippen LogP contribution >= 0.6 is 11.3 Å². The molecule has 1 aliphatic rings. The summed E-state index contributed by atoms with van der Waals surface area (Å²) in [5.74, 6) is 1.000. The third kappa shape index (κ3) is 4.20. The molecule has 0 aliphatic carbocycles. The quantitative estimate of drug-likeness (QED) is 0.737. The van der Waals surface area contributed by atoms with Crippen molar-refractivity contribution in [3.8, 4) is 10.7 Å². The fraction of sp³-hybridized carbons (Fsp3) is 0.333. The van der Waals surface area contributed by atoms with Crippen molar-refractivity contribution in [3.63, 3.8) is 0 Å². The molecule has 0 spiro atoms. The fourth-order valence-corrected chi connectivity index (χ4v) is 4.12. The molecule has 1 saturated heterocycles. The van der Waals surface area contributed by atoms with E-state index < -0.39 is 0 Å². The zero-order chi connectivity index (χ0) is 19.5. The summed E-state index contributed by atoms with van der Waals surface area (Å²) in [6.07, 6.45) is 3.73. The normalized spacial score (nSPS) is 15.0. The van der Waals surface area contributed by atoms with Gasteiger partial charge in [-0.3, -0.25) is 9.59 Å². The smallest absolute Gasteiger partial charge is 0.251 e. The van der Waals surface area contributed by atoms with Crippen molar-refractivity contribution in [1.82, 2.24) is 19.9 Å². The van der Waals surface area contributed by atoms with Crippen LogP contribution in [0, 0.1) is 6.92 Å². The number of hydrogen-bond acceptors (Lipinski definition) is 5. The number of aryl methyl sites for hydroxylation is 1. The van der Waals surface area contributed by atoms with Gasteiger partial charge in [-0.1, -0.05) is 29.8 Å². The van der Waals surface area contributed by atoms with Gasteiger partial charge in [0, 0.05) is 36.7 Å². The van der Waals surface area contributed by atoms with E-state index in [1.54, 1.807) is 6.20 Å². The molecule has 2 aromatic heterocycles. The molecule has 144 valence electrons. The average Bonchev–Trinajstić information content (AvgIpc) is 3.24. The molecule has 0 unspecified atom stereocenters. The molecule has 0 radical (unpaired) electrons. The zero-order valence-corrected chi connectivity index (χ0v) is 16.5. The van der Waals surface area contributed by atoms with Crippen molar-refractivity contribution in [2.24, 2.45) is 0 Å². The lowest BCUT2D eigenvalue weighted by Crippen LogP contribution is -2.39. The first-order valence-corrected chi connectivity index (χ1v) is 10.3. The summed E-state index contributed by atoms with van der Waals surface area (Å²) < 4.78 is 0. The number of aromatic amines is 1. The van der Waals surface area contributed by atoms with Crippen LogP contribution in [0.15, 0.2) is 46.7 Å². The molecule has 1 amide bonds. The Hall–Kier alpha value is -2.80. The van der Waals surface area contributed by atoms with Gasteiger partial charge in [0.05, 0.1) is 6.42 Å². The molecule has 3 heterocycles. The second-order valence-electron chi connectivity index (χ2n) is 7.17. The Labute approximate surface area is 167 Å². The predicted octanol–water partition coefficient (Wildman–Crippen LogP) is 3.15. The van der Waals surface area contributed by atoms with Crippen LogP contribution in [0.25, 0.3) is 10.7 Å². The van der Waals surface area contributed by atoms with Crippen LogP contribution in [0.4, 0.5) is 0 Å². The molecule has 1 aromatic carbocycles.